The molecule has 4 aromatic rings. The van der Waals surface area contributed by atoms with Crippen molar-refractivity contribution in [3.05, 3.63) is 118 Å². The van der Waals surface area contributed by atoms with E-state index >= 15 is 0 Å². The van der Waals surface area contributed by atoms with Crippen LogP contribution in [-0.4, -0.2) is 28.2 Å². The minimum absolute atomic E-state index is 0.222. The summed E-state index contributed by atoms with van der Waals surface area (Å²) >= 11 is 6.35. The molecule has 11 heteroatoms. The van der Waals surface area contributed by atoms with E-state index in [1.54, 1.807) is 41.3 Å². The summed E-state index contributed by atoms with van der Waals surface area (Å²) in [7, 11) is 0. The topological polar surface area (TPSA) is 71.5 Å². The molecule has 0 saturated carbocycles. The molecule has 3 aromatic carbocycles. The molecule has 0 spiro atoms. The van der Waals surface area contributed by atoms with Crippen LogP contribution in [0.25, 0.3) is 0 Å². The molecule has 0 fully saturated rings. The van der Waals surface area contributed by atoms with Gasteiger partial charge in [-0.3, -0.25) is 9.59 Å². The van der Waals surface area contributed by atoms with Crippen molar-refractivity contribution in [2.24, 2.45) is 0 Å². The third-order valence-corrected chi connectivity index (χ3v) is 6.90. The van der Waals surface area contributed by atoms with Crippen molar-refractivity contribution in [3.8, 4) is 11.6 Å². The summed E-state index contributed by atoms with van der Waals surface area (Å²) in [6.07, 6.45) is -3.69. The number of amides is 2. The molecule has 0 radical (unpaired) electrons. The molecule has 1 aliphatic rings. The number of carbonyl (C=O) groups excluding carboxylic acids is 2. The highest BCUT2D eigenvalue weighted by Crippen LogP contribution is 2.35. The van der Waals surface area contributed by atoms with Gasteiger partial charge in [-0.25, -0.2) is 9.37 Å². The zero-order valence-corrected chi connectivity index (χ0v) is 22.1. The van der Waals surface area contributed by atoms with Crippen LogP contribution in [0.2, 0.25) is 5.02 Å². The van der Waals surface area contributed by atoms with E-state index in [9.17, 15) is 27.2 Å². The van der Waals surface area contributed by atoms with Gasteiger partial charge in [-0.2, -0.15) is 13.2 Å². The predicted octanol–water partition coefficient (Wildman–Crippen LogP) is 7.06. The van der Waals surface area contributed by atoms with Crippen molar-refractivity contribution in [1.82, 2.24) is 9.88 Å². The zero-order valence-electron chi connectivity index (χ0n) is 21.3. The maximum atomic E-state index is 14.4. The number of carbonyl (C=O) groups is 2. The number of halogens is 5. The monoisotopic (exact) mass is 583 g/mol. The van der Waals surface area contributed by atoms with E-state index in [4.69, 9.17) is 16.3 Å². The predicted molar refractivity (Wildman–Crippen MR) is 144 cm³/mol. The number of para-hydroxylation sites is 1. The van der Waals surface area contributed by atoms with E-state index in [-0.39, 0.29) is 28.7 Å². The average molecular weight is 584 g/mol. The fourth-order valence-electron chi connectivity index (χ4n) is 4.59. The van der Waals surface area contributed by atoms with Gasteiger partial charge >= 0.3 is 6.18 Å². The summed E-state index contributed by atoms with van der Waals surface area (Å²) in [4.78, 5) is 31.8. The number of fused-ring (bicyclic) bond motifs is 1. The lowest BCUT2D eigenvalue weighted by Gasteiger charge is -2.30. The van der Waals surface area contributed by atoms with Gasteiger partial charge in [0.2, 0.25) is 11.8 Å². The molecule has 0 aliphatic carbocycles. The number of rotatable bonds is 6. The van der Waals surface area contributed by atoms with E-state index in [0.29, 0.717) is 41.8 Å². The number of pyridine rings is 1. The Labute approximate surface area is 237 Å². The summed E-state index contributed by atoms with van der Waals surface area (Å²) in [5.41, 5.74) is 0.285. The lowest BCUT2D eigenvalue weighted by Crippen LogP contribution is -2.36. The number of nitrogens with zero attached hydrogens (tertiary/aromatic N) is 2. The van der Waals surface area contributed by atoms with Crippen LogP contribution in [0.1, 0.15) is 32.6 Å². The third kappa shape index (κ3) is 6.33. The van der Waals surface area contributed by atoms with Gasteiger partial charge in [0.05, 0.1) is 28.3 Å². The quantitative estimate of drug-likeness (QED) is 0.247. The number of alkyl halides is 3. The van der Waals surface area contributed by atoms with Crippen LogP contribution in [0.3, 0.4) is 0 Å². The van der Waals surface area contributed by atoms with Crippen LogP contribution in [0.5, 0.6) is 11.6 Å². The van der Waals surface area contributed by atoms with Gasteiger partial charge in [0.25, 0.3) is 5.91 Å². The zero-order chi connectivity index (χ0) is 29.1. The van der Waals surface area contributed by atoms with Crippen molar-refractivity contribution < 1.29 is 31.9 Å². The van der Waals surface area contributed by atoms with E-state index in [1.165, 1.54) is 6.20 Å². The largest absolute Gasteiger partial charge is 0.439 e. The van der Waals surface area contributed by atoms with Gasteiger partial charge in [-0.05, 0) is 53.4 Å². The smallest absolute Gasteiger partial charge is 0.419 e. The summed E-state index contributed by atoms with van der Waals surface area (Å²) < 4.78 is 59.3. The lowest BCUT2D eigenvalue weighted by atomic mass is 9.97. The number of nitrogens with one attached hydrogen (secondary N) is 1. The summed E-state index contributed by atoms with van der Waals surface area (Å²) in [6.45, 7) is 0.554. The summed E-state index contributed by atoms with van der Waals surface area (Å²) in [5, 5.41) is 2.85. The Bertz CT molecular complexity index is 1600. The average Bonchev–Trinajstić information content (AvgIpc) is 2.95. The molecule has 6 nitrogen and oxygen atoms in total. The first-order chi connectivity index (χ1) is 19.6. The Morgan fingerprint density at radius 3 is 2.49 bits per heavy atom. The number of hydrogen-bond donors (Lipinski definition) is 1. The van der Waals surface area contributed by atoms with Crippen molar-refractivity contribution in [2.75, 3.05) is 11.9 Å². The molecule has 41 heavy (non-hydrogen) atoms. The summed E-state index contributed by atoms with van der Waals surface area (Å²) in [6, 6.07) is 18.5. The van der Waals surface area contributed by atoms with Gasteiger partial charge < -0.3 is 15.0 Å². The van der Waals surface area contributed by atoms with Gasteiger partial charge in [0.15, 0.2) is 0 Å². The molecule has 1 aromatic heterocycles. The molecule has 0 bridgehead atoms. The van der Waals surface area contributed by atoms with Crippen LogP contribution >= 0.6 is 11.6 Å². The SMILES string of the molecule is O=C(Cc1cccc(C(F)(F)F)c1F)Nc1c(Cl)ccc2c1CCN(C(=O)c1ccc(Oc3ccccc3)nc1)C2. The molecular weight excluding hydrogens is 562 g/mol. The Morgan fingerprint density at radius 2 is 1.78 bits per heavy atom. The molecule has 5 rings (SSSR count). The Balaban J connectivity index is 1.27. The summed E-state index contributed by atoms with van der Waals surface area (Å²) in [5.74, 6) is -1.49. The highest BCUT2D eigenvalue weighted by Gasteiger charge is 2.35. The Kier molecular flexibility index (Phi) is 7.94. The minimum atomic E-state index is -4.88. The fraction of sp³-hybridized carbons (Fsp3) is 0.167. The first-order valence-electron chi connectivity index (χ1n) is 12.5. The van der Waals surface area contributed by atoms with Crippen molar-refractivity contribution in [2.45, 2.75) is 25.6 Å². The van der Waals surface area contributed by atoms with Crippen molar-refractivity contribution in [1.29, 1.82) is 0 Å². The molecule has 0 unspecified atom stereocenters. The number of aromatic nitrogens is 1. The molecule has 2 heterocycles. The second-order valence-corrected chi connectivity index (χ2v) is 9.75. The molecular formula is C30H22ClF4N3O3. The number of hydrogen-bond acceptors (Lipinski definition) is 4. The Hall–Kier alpha value is -4.44. The van der Waals surface area contributed by atoms with E-state index in [0.717, 1.165) is 17.7 Å². The van der Waals surface area contributed by atoms with Crippen LogP contribution in [0, 0.1) is 5.82 Å². The van der Waals surface area contributed by atoms with Gasteiger partial charge in [-0.1, -0.05) is 48.0 Å². The number of benzene rings is 3. The highest BCUT2D eigenvalue weighted by molar-refractivity contribution is 6.34. The lowest BCUT2D eigenvalue weighted by molar-refractivity contribution is -0.140. The van der Waals surface area contributed by atoms with Crippen LogP contribution < -0.4 is 10.1 Å². The number of anilines is 1. The maximum absolute atomic E-state index is 14.4. The molecule has 1 N–H and O–H groups in total. The molecule has 2 amide bonds. The molecule has 210 valence electrons. The van der Waals surface area contributed by atoms with Crippen LogP contribution in [0.15, 0.2) is 79.0 Å². The van der Waals surface area contributed by atoms with Gasteiger partial charge in [-0.15, -0.1) is 0 Å². The molecule has 0 saturated heterocycles. The second-order valence-electron chi connectivity index (χ2n) is 9.34. The highest BCUT2D eigenvalue weighted by atomic mass is 35.5. The number of ether oxygens (including phenoxy) is 1. The molecule has 0 atom stereocenters. The Morgan fingerprint density at radius 1 is 1.00 bits per heavy atom. The van der Waals surface area contributed by atoms with E-state index in [2.05, 4.69) is 10.3 Å². The first-order valence-corrected chi connectivity index (χ1v) is 12.9. The van der Waals surface area contributed by atoms with E-state index < -0.39 is 29.9 Å². The van der Waals surface area contributed by atoms with Gasteiger partial charge in [0, 0.05) is 25.4 Å². The van der Waals surface area contributed by atoms with Crippen LogP contribution in [0.4, 0.5) is 23.2 Å². The third-order valence-electron chi connectivity index (χ3n) is 6.59. The maximum Gasteiger partial charge on any atom is 0.419 e. The van der Waals surface area contributed by atoms with Crippen molar-refractivity contribution in [3.63, 3.8) is 0 Å². The van der Waals surface area contributed by atoms with Gasteiger partial charge in [0.1, 0.15) is 11.6 Å². The normalized spacial score (nSPS) is 13.0. The fourth-order valence-corrected chi connectivity index (χ4v) is 4.81. The standard InChI is InChI=1S/C30H22ClF4N3O3/c31-24-11-9-20-17-38(29(40)19-10-12-26(36-16-19)41-21-6-2-1-3-7-21)14-13-22(20)28(24)37-25(39)15-18-5-4-8-23(27(18)32)30(33,34)35/h1-12,16H,13-15,17H2,(H,37,39). The second kappa shape index (κ2) is 11.6. The first kappa shape index (κ1) is 28.1. The van der Waals surface area contributed by atoms with Crippen LogP contribution in [-0.2, 0) is 30.4 Å². The van der Waals surface area contributed by atoms with E-state index in [1.807, 2.05) is 18.2 Å². The van der Waals surface area contributed by atoms with Crippen molar-refractivity contribution >= 4 is 29.1 Å². The molecule has 1 aliphatic heterocycles. The minimum Gasteiger partial charge on any atom is -0.439 e.